The van der Waals surface area contributed by atoms with E-state index in [0.29, 0.717) is 30.0 Å². The number of aromatic nitrogens is 1. The number of anilines is 2. The Balaban J connectivity index is 1.25. The van der Waals surface area contributed by atoms with E-state index in [2.05, 4.69) is 24.5 Å². The number of allylic oxidation sites excluding steroid dienone is 1. The van der Waals surface area contributed by atoms with E-state index in [0.717, 1.165) is 67.2 Å². The quantitative estimate of drug-likeness (QED) is 0.502. The van der Waals surface area contributed by atoms with E-state index < -0.39 is 5.60 Å². The van der Waals surface area contributed by atoms with Crippen LogP contribution in [0.2, 0.25) is 0 Å². The van der Waals surface area contributed by atoms with Crippen LogP contribution in [-0.2, 0) is 10.4 Å². The van der Waals surface area contributed by atoms with Crippen LogP contribution in [0.15, 0.2) is 41.3 Å². The molecule has 3 fully saturated rings. The van der Waals surface area contributed by atoms with Crippen LogP contribution in [0.25, 0.3) is 0 Å². The number of carbonyl (C=O) groups excluding carboxylic acids is 1. The van der Waals surface area contributed by atoms with E-state index in [4.69, 9.17) is 9.72 Å². The molecule has 1 aromatic heterocycles. The van der Waals surface area contributed by atoms with Crippen LogP contribution in [0.5, 0.6) is 5.75 Å². The maximum Gasteiger partial charge on any atom is 0.187 e. The molecule has 0 saturated heterocycles. The van der Waals surface area contributed by atoms with Gasteiger partial charge in [-0.3, -0.25) is 4.79 Å². The van der Waals surface area contributed by atoms with Crippen LogP contribution in [0.4, 0.5) is 10.8 Å². The summed E-state index contributed by atoms with van der Waals surface area (Å²) >= 11 is 1.56. The number of thiazole rings is 1. The summed E-state index contributed by atoms with van der Waals surface area (Å²) in [6.45, 7) is 4.75. The summed E-state index contributed by atoms with van der Waals surface area (Å²) in [6, 6.07) is 7.82. The number of fused-ring (bicyclic) bond motifs is 5. The van der Waals surface area contributed by atoms with Gasteiger partial charge in [0.25, 0.3) is 0 Å². The van der Waals surface area contributed by atoms with Gasteiger partial charge < -0.3 is 15.2 Å². The second-order valence-corrected chi connectivity index (χ2v) is 12.6. The average molecular weight is 493 g/mol. The third-order valence-corrected chi connectivity index (χ3v) is 11.1. The number of carbonyl (C=O) groups is 1. The van der Waals surface area contributed by atoms with E-state index in [-0.39, 0.29) is 10.8 Å². The first kappa shape index (κ1) is 23.2. The van der Waals surface area contributed by atoms with Gasteiger partial charge in [-0.05, 0) is 98.5 Å². The van der Waals surface area contributed by atoms with Crippen molar-refractivity contribution in [2.75, 3.05) is 12.4 Å². The van der Waals surface area contributed by atoms with E-state index >= 15 is 0 Å². The van der Waals surface area contributed by atoms with Crippen molar-refractivity contribution in [3.05, 3.63) is 47.0 Å². The summed E-state index contributed by atoms with van der Waals surface area (Å²) in [5, 5.41) is 18.5. The molecule has 186 valence electrons. The molecule has 4 aliphatic rings. The Bertz CT molecular complexity index is 1170. The second-order valence-electron chi connectivity index (χ2n) is 11.7. The predicted octanol–water partition coefficient (Wildman–Crippen LogP) is 6.61. The Hall–Kier alpha value is -2.18. The summed E-state index contributed by atoms with van der Waals surface area (Å²) in [5.41, 5.74) is 2.29. The highest BCUT2D eigenvalue weighted by Crippen LogP contribution is 2.69. The Morgan fingerprint density at radius 3 is 2.60 bits per heavy atom. The molecule has 0 spiro atoms. The van der Waals surface area contributed by atoms with Crippen molar-refractivity contribution in [1.29, 1.82) is 0 Å². The number of hydrogen-bond acceptors (Lipinski definition) is 6. The smallest absolute Gasteiger partial charge is 0.187 e. The number of rotatable bonds is 4. The third kappa shape index (κ3) is 3.43. The molecule has 0 amide bonds. The zero-order chi connectivity index (χ0) is 24.4. The van der Waals surface area contributed by atoms with Gasteiger partial charge in [-0.15, -0.1) is 11.3 Å². The van der Waals surface area contributed by atoms with Gasteiger partial charge in [-0.2, -0.15) is 0 Å². The molecule has 0 aliphatic heterocycles. The molecule has 0 radical (unpaired) electrons. The Labute approximate surface area is 212 Å². The second kappa shape index (κ2) is 8.17. The third-order valence-electron chi connectivity index (χ3n) is 10.4. The fourth-order valence-electron chi connectivity index (χ4n) is 8.32. The highest BCUT2D eigenvalue weighted by molar-refractivity contribution is 7.13. The van der Waals surface area contributed by atoms with Crippen LogP contribution in [0.1, 0.15) is 70.9 Å². The molecule has 6 unspecified atom stereocenters. The van der Waals surface area contributed by atoms with Crippen LogP contribution in [-0.4, -0.2) is 23.0 Å². The lowest BCUT2D eigenvalue weighted by atomic mass is 9.46. The van der Waals surface area contributed by atoms with Crippen molar-refractivity contribution in [3.63, 3.8) is 0 Å². The summed E-state index contributed by atoms with van der Waals surface area (Å²) in [6.07, 6.45) is 9.84. The van der Waals surface area contributed by atoms with Gasteiger partial charge in [0, 0.05) is 22.9 Å². The molecule has 1 aromatic carbocycles. The zero-order valence-corrected chi connectivity index (χ0v) is 21.8. The van der Waals surface area contributed by atoms with E-state index in [1.807, 2.05) is 30.3 Å². The van der Waals surface area contributed by atoms with Crippen molar-refractivity contribution in [1.82, 2.24) is 4.98 Å². The summed E-state index contributed by atoms with van der Waals surface area (Å²) in [4.78, 5) is 17.0. The number of benzene rings is 1. The molecule has 6 rings (SSSR count). The lowest BCUT2D eigenvalue weighted by molar-refractivity contribution is -0.135. The molecule has 5 nitrogen and oxygen atoms in total. The first-order chi connectivity index (χ1) is 16.8. The number of hydrogen-bond donors (Lipinski definition) is 2. The Morgan fingerprint density at radius 1 is 1.06 bits per heavy atom. The van der Waals surface area contributed by atoms with Gasteiger partial charge in [0.05, 0.1) is 12.8 Å². The van der Waals surface area contributed by atoms with Crippen molar-refractivity contribution < 1.29 is 14.6 Å². The molecular weight excluding hydrogens is 456 g/mol. The van der Waals surface area contributed by atoms with Gasteiger partial charge >= 0.3 is 0 Å². The van der Waals surface area contributed by atoms with Gasteiger partial charge in [0.15, 0.2) is 10.9 Å². The fraction of sp³-hybridized carbons (Fsp3) is 0.586. The van der Waals surface area contributed by atoms with Crippen molar-refractivity contribution in [2.45, 2.75) is 70.8 Å². The summed E-state index contributed by atoms with van der Waals surface area (Å²) in [5.74, 6) is 2.88. The monoisotopic (exact) mass is 492 g/mol. The highest BCUT2D eigenvalue weighted by Gasteiger charge is 2.65. The molecule has 6 heteroatoms. The molecule has 4 aliphatic carbocycles. The lowest BCUT2D eigenvalue weighted by Crippen LogP contribution is -2.53. The summed E-state index contributed by atoms with van der Waals surface area (Å²) < 4.78 is 5.25. The van der Waals surface area contributed by atoms with Crippen LogP contribution in [0, 0.1) is 28.6 Å². The molecule has 1 heterocycles. The highest BCUT2D eigenvalue weighted by atomic mass is 32.1. The Morgan fingerprint density at radius 2 is 1.83 bits per heavy atom. The molecule has 35 heavy (non-hydrogen) atoms. The van der Waals surface area contributed by atoms with Gasteiger partial charge in [0.1, 0.15) is 11.4 Å². The predicted molar refractivity (Wildman–Crippen MR) is 139 cm³/mol. The number of aliphatic hydroxyl groups is 1. The van der Waals surface area contributed by atoms with Crippen LogP contribution < -0.4 is 10.1 Å². The van der Waals surface area contributed by atoms with Crippen molar-refractivity contribution in [3.8, 4) is 5.75 Å². The molecule has 3 saturated carbocycles. The van der Waals surface area contributed by atoms with Crippen LogP contribution >= 0.6 is 11.3 Å². The molecular formula is C29H36N2O3S. The first-order valence-corrected chi connectivity index (χ1v) is 14.0. The first-order valence-electron chi connectivity index (χ1n) is 13.1. The van der Waals surface area contributed by atoms with Gasteiger partial charge in [-0.25, -0.2) is 4.98 Å². The number of nitrogens with one attached hydrogen (secondary N) is 1. The van der Waals surface area contributed by atoms with Crippen LogP contribution in [0.3, 0.4) is 0 Å². The minimum Gasteiger partial charge on any atom is -0.497 e. The number of nitrogens with zero attached hydrogens (tertiary/aromatic N) is 1. The number of methoxy groups -OCH3 is 1. The van der Waals surface area contributed by atoms with Crippen molar-refractivity contribution in [2.24, 2.45) is 28.6 Å². The Kier molecular flexibility index (Phi) is 5.42. The molecule has 2 N–H and O–H groups in total. The average Bonchev–Trinajstić information content (AvgIpc) is 3.43. The van der Waals surface area contributed by atoms with E-state index in [9.17, 15) is 9.90 Å². The maximum absolute atomic E-state index is 12.2. The molecule has 6 atom stereocenters. The van der Waals surface area contributed by atoms with Gasteiger partial charge in [-0.1, -0.05) is 19.4 Å². The number of ketones is 1. The van der Waals surface area contributed by atoms with Crippen molar-refractivity contribution >= 4 is 27.9 Å². The lowest BCUT2D eigenvalue weighted by Gasteiger charge is -2.59. The molecule has 0 bridgehead atoms. The van der Waals surface area contributed by atoms with E-state index in [1.54, 1.807) is 18.4 Å². The normalized spacial score (nSPS) is 38.2. The maximum atomic E-state index is 12.2. The largest absolute Gasteiger partial charge is 0.497 e. The number of ether oxygens (including phenoxy) is 1. The minimum absolute atomic E-state index is 0.162. The fourth-order valence-corrected chi connectivity index (χ4v) is 9.11. The topological polar surface area (TPSA) is 71.4 Å². The summed E-state index contributed by atoms with van der Waals surface area (Å²) in [7, 11) is 1.67. The molecule has 2 aromatic rings. The minimum atomic E-state index is -0.890. The van der Waals surface area contributed by atoms with Gasteiger partial charge in [0.2, 0.25) is 0 Å². The van der Waals surface area contributed by atoms with E-state index in [1.165, 1.54) is 5.57 Å². The zero-order valence-electron chi connectivity index (χ0n) is 21.0. The standard InChI is InChI=1S/C29H36N2O3S/c1-27-13-10-20(32)16-18(27)4-9-22-23(27)11-14-28(2)24(22)12-15-29(28,33)25-17-35-26(31-25)30-19-5-7-21(34-3)8-6-19/h5-8,16-17,22-24,33H,4,9-15H2,1-3H3,(H,30,31). The SMILES string of the molecule is COc1ccc(Nc2nc(C3(O)CCC4C5CCC6=CC(=O)CCC6(C)C5CCC43C)cs2)cc1.